The Morgan fingerprint density at radius 1 is 0.875 bits per heavy atom. The zero-order chi connectivity index (χ0) is 15.7. The van der Waals surface area contributed by atoms with E-state index in [1.165, 1.54) is 0 Å². The number of morpholine rings is 1. The van der Waals surface area contributed by atoms with E-state index in [0.717, 1.165) is 56.5 Å². The van der Waals surface area contributed by atoms with Crippen LogP contribution in [0.15, 0.2) is 54.6 Å². The Hall–Kier alpha value is -1.75. The van der Waals surface area contributed by atoms with Gasteiger partial charge in [0.05, 0.1) is 19.8 Å². The van der Waals surface area contributed by atoms with Gasteiger partial charge >= 0.3 is 0 Å². The molecule has 1 aliphatic heterocycles. The van der Waals surface area contributed by atoms with E-state index in [1.54, 1.807) is 0 Å². The quantitative estimate of drug-likeness (QED) is 0.707. The van der Waals surface area contributed by atoms with Gasteiger partial charge in [0.2, 0.25) is 0 Å². The van der Waals surface area contributed by atoms with Crippen LogP contribution in [0, 0.1) is 0 Å². The summed E-state index contributed by atoms with van der Waals surface area (Å²) in [4.78, 5) is 2.42. The van der Waals surface area contributed by atoms with Crippen LogP contribution >= 0.6 is 12.4 Å². The maximum atomic E-state index is 5.92. The summed E-state index contributed by atoms with van der Waals surface area (Å²) in [5.74, 6) is 2.36. The largest absolute Gasteiger partial charge is 0.490 e. The molecule has 1 aliphatic rings. The van der Waals surface area contributed by atoms with Crippen molar-refractivity contribution in [2.45, 2.75) is 6.42 Å². The minimum Gasteiger partial charge on any atom is -0.490 e. The van der Waals surface area contributed by atoms with Crippen molar-refractivity contribution in [3.63, 3.8) is 0 Å². The second-order valence-electron chi connectivity index (χ2n) is 5.52. The normalized spacial score (nSPS) is 14.7. The molecule has 2 aromatic carbocycles. The topological polar surface area (TPSA) is 30.9 Å². The van der Waals surface area contributed by atoms with Crippen molar-refractivity contribution in [2.75, 3.05) is 39.5 Å². The van der Waals surface area contributed by atoms with E-state index < -0.39 is 0 Å². The van der Waals surface area contributed by atoms with E-state index in [4.69, 9.17) is 14.2 Å². The Bertz CT molecular complexity index is 588. The molecule has 1 saturated heterocycles. The highest BCUT2D eigenvalue weighted by atomic mass is 35.5. The van der Waals surface area contributed by atoms with E-state index in [-0.39, 0.29) is 12.4 Å². The zero-order valence-corrected chi connectivity index (χ0v) is 14.5. The highest BCUT2D eigenvalue weighted by molar-refractivity contribution is 5.85. The summed E-state index contributed by atoms with van der Waals surface area (Å²) in [6.07, 6.45) is 1.000. The van der Waals surface area contributed by atoms with Gasteiger partial charge in [-0.2, -0.15) is 0 Å². The van der Waals surface area contributed by atoms with Crippen molar-refractivity contribution < 1.29 is 14.2 Å². The van der Waals surface area contributed by atoms with Crippen LogP contribution in [0.5, 0.6) is 17.2 Å². The SMILES string of the molecule is Cl.c1ccc(Oc2ccccc2OCCCN2CCOCC2)cc1. The molecule has 0 bridgehead atoms. The third-order valence-electron chi connectivity index (χ3n) is 3.80. The number of halogens is 1. The lowest BCUT2D eigenvalue weighted by Crippen LogP contribution is -2.37. The van der Waals surface area contributed by atoms with Gasteiger partial charge in [0.25, 0.3) is 0 Å². The number of para-hydroxylation sites is 3. The maximum Gasteiger partial charge on any atom is 0.169 e. The lowest BCUT2D eigenvalue weighted by Gasteiger charge is -2.26. The first kappa shape index (κ1) is 18.6. The summed E-state index contributed by atoms with van der Waals surface area (Å²) < 4.78 is 17.2. The van der Waals surface area contributed by atoms with Crippen LogP contribution in [0.4, 0.5) is 0 Å². The summed E-state index contributed by atoms with van der Waals surface area (Å²) in [6, 6.07) is 17.6. The number of hydrogen-bond acceptors (Lipinski definition) is 4. The van der Waals surface area contributed by atoms with Gasteiger partial charge in [-0.1, -0.05) is 30.3 Å². The van der Waals surface area contributed by atoms with Crippen molar-refractivity contribution in [1.82, 2.24) is 4.90 Å². The molecule has 1 fully saturated rings. The molecular formula is C19H24ClNO3. The number of benzene rings is 2. The fourth-order valence-electron chi connectivity index (χ4n) is 2.56. The highest BCUT2D eigenvalue weighted by Crippen LogP contribution is 2.31. The molecule has 0 radical (unpaired) electrons. The first-order valence-electron chi connectivity index (χ1n) is 8.17. The predicted octanol–water partition coefficient (Wildman–Crippen LogP) is 4.00. The Labute approximate surface area is 149 Å². The summed E-state index contributed by atoms with van der Waals surface area (Å²) in [7, 11) is 0. The van der Waals surface area contributed by atoms with Crippen LogP contribution in [-0.4, -0.2) is 44.4 Å². The Balaban J connectivity index is 0.00000208. The highest BCUT2D eigenvalue weighted by Gasteiger charge is 2.10. The van der Waals surface area contributed by atoms with E-state index in [1.807, 2.05) is 54.6 Å². The maximum absolute atomic E-state index is 5.92. The predicted molar refractivity (Wildman–Crippen MR) is 97.6 cm³/mol. The zero-order valence-electron chi connectivity index (χ0n) is 13.7. The summed E-state index contributed by atoms with van der Waals surface area (Å²) in [6.45, 7) is 5.46. The molecular weight excluding hydrogens is 326 g/mol. The second-order valence-corrected chi connectivity index (χ2v) is 5.52. The van der Waals surface area contributed by atoms with Gasteiger partial charge in [-0.3, -0.25) is 4.90 Å². The van der Waals surface area contributed by atoms with Crippen molar-refractivity contribution in [3.05, 3.63) is 54.6 Å². The molecule has 130 valence electrons. The summed E-state index contributed by atoms with van der Waals surface area (Å²) in [5, 5.41) is 0. The first-order chi connectivity index (χ1) is 11.4. The van der Waals surface area contributed by atoms with Crippen LogP contribution in [0.1, 0.15) is 6.42 Å². The number of hydrogen-bond donors (Lipinski definition) is 0. The molecule has 0 saturated carbocycles. The minimum absolute atomic E-state index is 0. The van der Waals surface area contributed by atoms with Gasteiger partial charge in [0.1, 0.15) is 5.75 Å². The molecule has 24 heavy (non-hydrogen) atoms. The van der Waals surface area contributed by atoms with Crippen LogP contribution in [0.2, 0.25) is 0 Å². The van der Waals surface area contributed by atoms with Crippen molar-refractivity contribution in [2.24, 2.45) is 0 Å². The molecule has 0 aromatic heterocycles. The van der Waals surface area contributed by atoms with Crippen LogP contribution < -0.4 is 9.47 Å². The van der Waals surface area contributed by atoms with Gasteiger partial charge in [0.15, 0.2) is 11.5 Å². The third-order valence-corrected chi connectivity index (χ3v) is 3.80. The number of rotatable bonds is 7. The number of ether oxygens (including phenoxy) is 3. The standard InChI is InChI=1S/C19H23NO3.ClH/c1-2-7-17(8-3-1)23-19-10-5-4-9-18(19)22-14-6-11-20-12-15-21-16-13-20;/h1-5,7-10H,6,11-16H2;1H. The Morgan fingerprint density at radius 3 is 2.29 bits per heavy atom. The first-order valence-corrected chi connectivity index (χ1v) is 8.17. The fourth-order valence-corrected chi connectivity index (χ4v) is 2.56. The summed E-state index contributed by atoms with van der Waals surface area (Å²) >= 11 is 0. The van der Waals surface area contributed by atoms with Crippen molar-refractivity contribution in [1.29, 1.82) is 0 Å². The Morgan fingerprint density at radius 2 is 1.54 bits per heavy atom. The molecule has 0 spiro atoms. The van der Waals surface area contributed by atoms with E-state index in [9.17, 15) is 0 Å². The lowest BCUT2D eigenvalue weighted by atomic mass is 10.3. The molecule has 4 nitrogen and oxygen atoms in total. The van der Waals surface area contributed by atoms with Gasteiger partial charge in [-0.25, -0.2) is 0 Å². The fraction of sp³-hybridized carbons (Fsp3) is 0.368. The monoisotopic (exact) mass is 349 g/mol. The second kappa shape index (κ2) is 10.2. The van der Waals surface area contributed by atoms with E-state index >= 15 is 0 Å². The molecule has 0 amide bonds. The van der Waals surface area contributed by atoms with Crippen molar-refractivity contribution >= 4 is 12.4 Å². The lowest BCUT2D eigenvalue weighted by molar-refractivity contribution is 0.0357. The summed E-state index contributed by atoms with van der Waals surface area (Å²) in [5.41, 5.74) is 0. The number of nitrogens with zero attached hydrogens (tertiary/aromatic N) is 1. The van der Waals surface area contributed by atoms with Crippen LogP contribution in [0.25, 0.3) is 0 Å². The van der Waals surface area contributed by atoms with Gasteiger partial charge in [0, 0.05) is 19.6 Å². The van der Waals surface area contributed by atoms with Crippen molar-refractivity contribution in [3.8, 4) is 17.2 Å². The van der Waals surface area contributed by atoms with Gasteiger partial charge in [-0.15, -0.1) is 12.4 Å². The average Bonchev–Trinajstić information content (AvgIpc) is 2.62. The van der Waals surface area contributed by atoms with E-state index in [2.05, 4.69) is 4.90 Å². The molecule has 0 aliphatic carbocycles. The Kier molecular flexibility index (Phi) is 7.89. The smallest absolute Gasteiger partial charge is 0.169 e. The van der Waals surface area contributed by atoms with Gasteiger partial charge in [-0.05, 0) is 30.7 Å². The van der Waals surface area contributed by atoms with Crippen LogP contribution in [-0.2, 0) is 4.74 Å². The molecule has 2 aromatic rings. The molecule has 1 heterocycles. The molecule has 3 rings (SSSR count). The average molecular weight is 350 g/mol. The van der Waals surface area contributed by atoms with Crippen LogP contribution in [0.3, 0.4) is 0 Å². The molecule has 0 N–H and O–H groups in total. The third kappa shape index (κ3) is 5.71. The van der Waals surface area contributed by atoms with E-state index in [0.29, 0.717) is 6.61 Å². The minimum atomic E-state index is 0. The molecule has 5 heteroatoms. The molecule has 0 unspecified atom stereocenters. The molecule has 0 atom stereocenters. The van der Waals surface area contributed by atoms with Gasteiger partial charge < -0.3 is 14.2 Å².